The highest BCUT2D eigenvalue weighted by Gasteiger charge is 2.24. The van der Waals surface area contributed by atoms with E-state index in [1.807, 2.05) is 37.3 Å². The smallest absolute Gasteiger partial charge is 0.282 e. The van der Waals surface area contributed by atoms with Gasteiger partial charge in [-0.05, 0) is 55.9 Å². The van der Waals surface area contributed by atoms with Crippen LogP contribution in [0.5, 0.6) is 11.5 Å². The summed E-state index contributed by atoms with van der Waals surface area (Å²) in [7, 11) is 0. The van der Waals surface area contributed by atoms with Gasteiger partial charge < -0.3 is 19.7 Å². The highest BCUT2D eigenvalue weighted by Crippen LogP contribution is 2.37. The van der Waals surface area contributed by atoms with Gasteiger partial charge in [0.05, 0.1) is 22.8 Å². The number of nitro benzene ring substituents is 1. The molecule has 0 radical (unpaired) electrons. The molecule has 1 aromatic heterocycles. The summed E-state index contributed by atoms with van der Waals surface area (Å²) in [5.74, 6) is 2.44. The van der Waals surface area contributed by atoms with Crippen LogP contribution in [-0.4, -0.2) is 46.0 Å². The summed E-state index contributed by atoms with van der Waals surface area (Å²) in [6.45, 7) is 3.67. The molecule has 12 heteroatoms. The Bertz CT molecular complexity index is 1590. The van der Waals surface area contributed by atoms with Gasteiger partial charge in [0, 0.05) is 18.8 Å². The Labute approximate surface area is 242 Å². The first-order valence-electron chi connectivity index (χ1n) is 13.8. The molecule has 6 rings (SSSR count). The van der Waals surface area contributed by atoms with Gasteiger partial charge in [-0.25, -0.2) is 5.43 Å². The van der Waals surface area contributed by atoms with E-state index in [0.717, 1.165) is 43.6 Å². The fourth-order valence-corrected chi connectivity index (χ4v) is 5.03. The summed E-state index contributed by atoms with van der Waals surface area (Å²) in [5.41, 5.74) is 6.27. The van der Waals surface area contributed by atoms with Crippen molar-refractivity contribution in [2.75, 3.05) is 35.5 Å². The molecule has 0 bridgehead atoms. The third kappa shape index (κ3) is 6.38. The number of benzene rings is 3. The monoisotopic (exact) mass is 566 g/mol. The summed E-state index contributed by atoms with van der Waals surface area (Å²) < 4.78 is 10.6. The van der Waals surface area contributed by atoms with Crippen molar-refractivity contribution in [1.82, 2.24) is 15.0 Å². The van der Waals surface area contributed by atoms with Crippen LogP contribution in [0.3, 0.4) is 0 Å². The van der Waals surface area contributed by atoms with E-state index in [1.54, 1.807) is 0 Å². The highest BCUT2D eigenvalue weighted by molar-refractivity contribution is 5.87. The molecule has 214 valence electrons. The van der Waals surface area contributed by atoms with Gasteiger partial charge in [0.15, 0.2) is 11.5 Å². The third-order valence-electron chi connectivity index (χ3n) is 7.28. The molecule has 3 aromatic carbocycles. The SMILES string of the molecule is Cc1ccc(Nc2nc(N/N=C/c3cc4c(cc3[N+](=O)[O-])OCO4)nc(N3CCC(Cc4ccccc4)CC3)n2)cc1. The number of anilines is 4. The largest absolute Gasteiger partial charge is 0.454 e. The molecule has 2 aliphatic heterocycles. The Hall–Kier alpha value is -5.26. The van der Waals surface area contributed by atoms with Crippen molar-refractivity contribution in [3.8, 4) is 11.5 Å². The maximum absolute atomic E-state index is 11.6. The molecule has 3 heterocycles. The number of nitrogens with one attached hydrogen (secondary N) is 2. The number of hydrogen-bond donors (Lipinski definition) is 2. The van der Waals surface area contributed by atoms with E-state index in [-0.39, 0.29) is 24.0 Å². The molecule has 0 aliphatic carbocycles. The molecule has 1 fully saturated rings. The molecule has 12 nitrogen and oxygen atoms in total. The van der Waals surface area contributed by atoms with Crippen LogP contribution in [0.1, 0.15) is 29.5 Å². The van der Waals surface area contributed by atoms with Gasteiger partial charge in [-0.2, -0.15) is 20.1 Å². The number of aryl methyl sites for hydroxylation is 1. The molecule has 2 N–H and O–H groups in total. The zero-order valence-electron chi connectivity index (χ0n) is 23.1. The lowest BCUT2D eigenvalue weighted by molar-refractivity contribution is -0.385. The van der Waals surface area contributed by atoms with E-state index in [4.69, 9.17) is 14.5 Å². The predicted octanol–water partition coefficient (Wildman–Crippen LogP) is 5.47. The molecule has 0 spiro atoms. The van der Waals surface area contributed by atoms with Crippen molar-refractivity contribution < 1.29 is 14.4 Å². The van der Waals surface area contributed by atoms with E-state index < -0.39 is 4.92 Å². The van der Waals surface area contributed by atoms with Gasteiger partial charge in [-0.15, -0.1) is 0 Å². The summed E-state index contributed by atoms with van der Waals surface area (Å²) in [6.07, 6.45) is 4.44. The molecule has 4 aromatic rings. The predicted molar refractivity (Wildman–Crippen MR) is 160 cm³/mol. The second kappa shape index (κ2) is 12.1. The molecular formula is C30H30N8O4. The lowest BCUT2D eigenvalue weighted by Crippen LogP contribution is -2.35. The molecule has 0 amide bonds. The van der Waals surface area contributed by atoms with Crippen LogP contribution < -0.4 is 25.1 Å². The average Bonchev–Trinajstić information content (AvgIpc) is 3.46. The second-order valence-corrected chi connectivity index (χ2v) is 10.3. The minimum Gasteiger partial charge on any atom is -0.454 e. The molecule has 0 unspecified atom stereocenters. The Balaban J connectivity index is 1.21. The number of piperidine rings is 1. The van der Waals surface area contributed by atoms with Crippen molar-refractivity contribution in [1.29, 1.82) is 0 Å². The second-order valence-electron chi connectivity index (χ2n) is 10.3. The van der Waals surface area contributed by atoms with Crippen LogP contribution in [-0.2, 0) is 6.42 Å². The van der Waals surface area contributed by atoms with Gasteiger partial charge in [0.25, 0.3) is 5.69 Å². The molecule has 42 heavy (non-hydrogen) atoms. The first kappa shape index (κ1) is 26.9. The van der Waals surface area contributed by atoms with Crippen LogP contribution in [0.15, 0.2) is 71.8 Å². The van der Waals surface area contributed by atoms with Crippen LogP contribution in [0.25, 0.3) is 0 Å². The third-order valence-corrected chi connectivity index (χ3v) is 7.28. The lowest BCUT2D eigenvalue weighted by Gasteiger charge is -2.32. The fraction of sp³-hybridized carbons (Fsp3) is 0.267. The van der Waals surface area contributed by atoms with Crippen molar-refractivity contribution >= 4 is 35.4 Å². The lowest BCUT2D eigenvalue weighted by atomic mass is 9.90. The van der Waals surface area contributed by atoms with Crippen molar-refractivity contribution in [2.24, 2.45) is 11.0 Å². The minimum absolute atomic E-state index is 0.0131. The Morgan fingerprint density at radius 3 is 2.45 bits per heavy atom. The van der Waals surface area contributed by atoms with Gasteiger partial charge in [0.1, 0.15) is 0 Å². The topological polar surface area (TPSA) is 140 Å². The van der Waals surface area contributed by atoms with Gasteiger partial charge in [-0.3, -0.25) is 10.1 Å². The van der Waals surface area contributed by atoms with E-state index in [2.05, 4.69) is 55.0 Å². The number of nitro groups is 1. The van der Waals surface area contributed by atoms with Crippen LogP contribution >= 0.6 is 0 Å². The number of rotatable bonds is 9. The Kier molecular flexibility index (Phi) is 7.75. The summed E-state index contributed by atoms with van der Waals surface area (Å²) >= 11 is 0. The molecule has 1 saturated heterocycles. The van der Waals surface area contributed by atoms with Crippen LogP contribution in [0.2, 0.25) is 0 Å². The standard InChI is InChI=1S/C30H30N8O4/c1-20-7-9-24(10-8-20)32-28-33-29(36-31-18-23-16-26-27(42-19-41-26)17-25(23)38(39)40)35-30(34-28)37-13-11-22(12-14-37)15-21-5-3-2-4-6-21/h2-10,16-18,22H,11-15,19H2,1H3,(H2,32,33,34,35,36)/b31-18+. The Morgan fingerprint density at radius 1 is 1.00 bits per heavy atom. The first-order chi connectivity index (χ1) is 20.5. The average molecular weight is 567 g/mol. The highest BCUT2D eigenvalue weighted by atomic mass is 16.7. The van der Waals surface area contributed by atoms with Gasteiger partial charge in [0.2, 0.25) is 24.6 Å². The molecule has 0 atom stereocenters. The van der Waals surface area contributed by atoms with E-state index in [1.165, 1.54) is 23.9 Å². The van der Waals surface area contributed by atoms with Crippen molar-refractivity contribution in [2.45, 2.75) is 26.2 Å². The first-order valence-corrected chi connectivity index (χ1v) is 13.8. The number of aromatic nitrogens is 3. The molecule has 2 aliphatic rings. The molecule has 0 saturated carbocycles. The summed E-state index contributed by atoms with van der Waals surface area (Å²) in [5, 5.41) is 19.1. The maximum atomic E-state index is 11.6. The Morgan fingerprint density at radius 2 is 1.71 bits per heavy atom. The zero-order chi connectivity index (χ0) is 28.9. The number of nitrogens with zero attached hydrogens (tertiary/aromatic N) is 6. The number of hydrazone groups is 1. The van der Waals surface area contributed by atoms with E-state index in [0.29, 0.717) is 29.3 Å². The summed E-state index contributed by atoms with van der Waals surface area (Å²) in [6, 6.07) is 21.3. The molecular weight excluding hydrogens is 536 g/mol. The van der Waals surface area contributed by atoms with E-state index in [9.17, 15) is 10.1 Å². The number of ether oxygens (including phenoxy) is 2. The van der Waals surface area contributed by atoms with E-state index >= 15 is 0 Å². The van der Waals surface area contributed by atoms with Crippen LogP contribution in [0, 0.1) is 23.0 Å². The quantitative estimate of drug-likeness (QED) is 0.152. The number of hydrogen-bond acceptors (Lipinski definition) is 11. The normalized spacial score (nSPS) is 14.7. The zero-order valence-corrected chi connectivity index (χ0v) is 23.1. The van der Waals surface area contributed by atoms with Crippen molar-refractivity contribution in [3.63, 3.8) is 0 Å². The van der Waals surface area contributed by atoms with Gasteiger partial charge >= 0.3 is 0 Å². The van der Waals surface area contributed by atoms with Crippen LogP contribution in [0.4, 0.5) is 29.2 Å². The fourth-order valence-electron chi connectivity index (χ4n) is 5.03. The maximum Gasteiger partial charge on any atom is 0.282 e. The van der Waals surface area contributed by atoms with Crippen molar-refractivity contribution in [3.05, 3.63) is 93.5 Å². The number of fused-ring (bicyclic) bond motifs is 1. The van der Waals surface area contributed by atoms with Gasteiger partial charge in [-0.1, -0.05) is 48.0 Å². The minimum atomic E-state index is -0.491. The summed E-state index contributed by atoms with van der Waals surface area (Å²) in [4.78, 5) is 27.1.